The second-order valence-electron chi connectivity index (χ2n) is 3.56. The second-order valence-corrected chi connectivity index (χ2v) is 4.29. The van der Waals surface area contributed by atoms with Crippen LogP contribution in [0, 0.1) is 0 Å². The van der Waals surface area contributed by atoms with Gasteiger partial charge in [0, 0.05) is 0 Å². The number of halogens is 2. The van der Waals surface area contributed by atoms with E-state index < -0.39 is 18.1 Å². The Labute approximate surface area is 82.6 Å². The lowest BCUT2D eigenvalue weighted by Crippen LogP contribution is -2.67. The van der Waals surface area contributed by atoms with Gasteiger partial charge >= 0.3 is 0 Å². The highest BCUT2D eigenvalue weighted by atomic mass is 32.1. The Morgan fingerprint density at radius 1 is 1.54 bits per heavy atom. The van der Waals surface area contributed by atoms with Crippen molar-refractivity contribution in [2.75, 3.05) is 13.6 Å². The maximum absolute atomic E-state index is 13.0. The van der Waals surface area contributed by atoms with Crippen molar-refractivity contribution in [1.82, 2.24) is 4.90 Å². The number of thiol groups is 1. The van der Waals surface area contributed by atoms with Crippen LogP contribution in [0.1, 0.15) is 13.8 Å². The minimum absolute atomic E-state index is 0.174. The number of likely N-dealkylation sites (N-methyl/N-ethyl adjacent to an activating group) is 1. The lowest BCUT2D eigenvalue weighted by atomic mass is 9.94. The molecule has 1 unspecified atom stereocenters. The molecular formula is C8H15F2NOS. The van der Waals surface area contributed by atoms with Gasteiger partial charge < -0.3 is 4.74 Å². The van der Waals surface area contributed by atoms with Crippen LogP contribution in [0.2, 0.25) is 0 Å². The van der Waals surface area contributed by atoms with E-state index in [1.165, 1.54) is 0 Å². The number of ether oxygens (including phenoxy) is 1. The first-order chi connectivity index (χ1) is 5.84. The Hall–Kier alpha value is 0.130. The Morgan fingerprint density at radius 2 is 2.08 bits per heavy atom. The molecule has 0 bridgehead atoms. The van der Waals surface area contributed by atoms with Gasteiger partial charge in [0.2, 0.25) is 0 Å². The lowest BCUT2D eigenvalue weighted by Gasteiger charge is -2.48. The lowest BCUT2D eigenvalue weighted by molar-refractivity contribution is -0.212. The van der Waals surface area contributed by atoms with E-state index in [1.807, 2.05) is 0 Å². The summed E-state index contributed by atoms with van der Waals surface area (Å²) in [5.41, 5.74) is -0.306. The SMILES string of the molecule is CC(S)O[C@@H](C)[C@H]1N(C)CC1(F)F. The molecule has 0 radical (unpaired) electrons. The van der Waals surface area contributed by atoms with E-state index in [-0.39, 0.29) is 12.0 Å². The average molecular weight is 211 g/mol. The number of likely N-dealkylation sites (tertiary alicyclic amines) is 1. The Bertz CT molecular complexity index is 189. The van der Waals surface area contributed by atoms with Crippen LogP contribution in [0.15, 0.2) is 0 Å². The fourth-order valence-corrected chi connectivity index (χ4v) is 2.01. The van der Waals surface area contributed by atoms with Gasteiger partial charge in [-0.15, -0.1) is 12.6 Å². The minimum atomic E-state index is -2.61. The van der Waals surface area contributed by atoms with Crippen LogP contribution in [0.5, 0.6) is 0 Å². The van der Waals surface area contributed by atoms with Crippen LogP contribution < -0.4 is 0 Å². The molecule has 0 spiro atoms. The number of alkyl halides is 2. The topological polar surface area (TPSA) is 12.5 Å². The third-order valence-corrected chi connectivity index (χ3v) is 2.35. The zero-order chi connectivity index (χ0) is 10.2. The number of hydrogen-bond acceptors (Lipinski definition) is 3. The van der Waals surface area contributed by atoms with Crippen molar-refractivity contribution in [3.8, 4) is 0 Å². The van der Waals surface area contributed by atoms with E-state index in [9.17, 15) is 8.78 Å². The molecule has 0 aromatic rings. The molecule has 1 aliphatic heterocycles. The molecule has 5 heteroatoms. The van der Waals surface area contributed by atoms with Crippen molar-refractivity contribution in [2.24, 2.45) is 0 Å². The summed E-state index contributed by atoms with van der Waals surface area (Å²) >= 11 is 4.00. The van der Waals surface area contributed by atoms with E-state index in [1.54, 1.807) is 25.8 Å². The molecule has 78 valence electrons. The Balaban J connectivity index is 2.50. The zero-order valence-electron chi connectivity index (χ0n) is 8.00. The summed E-state index contributed by atoms with van der Waals surface area (Å²) in [5.74, 6) is -2.61. The van der Waals surface area contributed by atoms with E-state index in [0.29, 0.717) is 0 Å². The highest BCUT2D eigenvalue weighted by molar-refractivity contribution is 7.80. The average Bonchev–Trinajstić information content (AvgIpc) is 1.80. The molecule has 3 atom stereocenters. The molecule has 0 N–H and O–H groups in total. The maximum Gasteiger partial charge on any atom is 0.278 e. The molecule has 0 aliphatic carbocycles. The van der Waals surface area contributed by atoms with Gasteiger partial charge in [0.05, 0.1) is 18.1 Å². The predicted molar refractivity (Wildman–Crippen MR) is 50.4 cm³/mol. The van der Waals surface area contributed by atoms with E-state index in [4.69, 9.17) is 4.74 Å². The molecule has 13 heavy (non-hydrogen) atoms. The Morgan fingerprint density at radius 3 is 2.38 bits per heavy atom. The third kappa shape index (κ3) is 2.33. The largest absolute Gasteiger partial charge is 0.363 e. The van der Waals surface area contributed by atoms with Gasteiger partial charge in [0.15, 0.2) is 0 Å². The molecule has 1 aliphatic rings. The summed E-state index contributed by atoms with van der Waals surface area (Å²) < 4.78 is 31.2. The number of nitrogens with zero attached hydrogens (tertiary/aromatic N) is 1. The fraction of sp³-hybridized carbons (Fsp3) is 1.00. The molecule has 1 rings (SSSR count). The monoisotopic (exact) mass is 211 g/mol. The van der Waals surface area contributed by atoms with Crippen molar-refractivity contribution in [3.05, 3.63) is 0 Å². The van der Waals surface area contributed by atoms with Gasteiger partial charge in [-0.3, -0.25) is 4.90 Å². The van der Waals surface area contributed by atoms with Crippen LogP contribution in [-0.4, -0.2) is 42.0 Å². The molecule has 0 amide bonds. The first-order valence-corrected chi connectivity index (χ1v) is 4.78. The minimum Gasteiger partial charge on any atom is -0.363 e. The summed E-state index contributed by atoms with van der Waals surface area (Å²) in [6.07, 6.45) is -0.485. The van der Waals surface area contributed by atoms with Crippen LogP contribution in [0.3, 0.4) is 0 Å². The smallest absolute Gasteiger partial charge is 0.278 e. The van der Waals surface area contributed by atoms with E-state index in [0.717, 1.165) is 0 Å². The quantitative estimate of drug-likeness (QED) is 0.562. The predicted octanol–water partition coefficient (Wildman–Crippen LogP) is 1.62. The highest BCUT2D eigenvalue weighted by Crippen LogP contribution is 2.36. The summed E-state index contributed by atoms with van der Waals surface area (Å²) in [5, 5.41) is 0. The number of hydrogen-bond donors (Lipinski definition) is 1. The van der Waals surface area contributed by atoms with Crippen molar-refractivity contribution < 1.29 is 13.5 Å². The standard InChI is InChI=1S/C8H15F2NOS/c1-5(12-6(2)13)7-8(9,10)4-11(7)3/h5-7,13H,4H2,1-3H3/t5-,6?,7+/m0/s1. The van der Waals surface area contributed by atoms with E-state index in [2.05, 4.69) is 12.6 Å². The molecular weight excluding hydrogens is 196 g/mol. The van der Waals surface area contributed by atoms with Crippen molar-refractivity contribution in [3.63, 3.8) is 0 Å². The fourth-order valence-electron chi connectivity index (χ4n) is 1.82. The Kier molecular flexibility index (Phi) is 3.20. The third-order valence-electron chi connectivity index (χ3n) is 2.22. The van der Waals surface area contributed by atoms with Gasteiger partial charge in [-0.05, 0) is 20.9 Å². The van der Waals surface area contributed by atoms with Gasteiger partial charge in [0.25, 0.3) is 5.92 Å². The van der Waals surface area contributed by atoms with Crippen LogP contribution in [0.4, 0.5) is 8.78 Å². The van der Waals surface area contributed by atoms with Crippen LogP contribution >= 0.6 is 12.6 Å². The molecule has 2 nitrogen and oxygen atoms in total. The normalized spacial score (nSPS) is 32.3. The van der Waals surface area contributed by atoms with Gasteiger partial charge in [-0.1, -0.05) is 0 Å². The van der Waals surface area contributed by atoms with Crippen LogP contribution in [-0.2, 0) is 4.74 Å². The molecule has 0 aromatic heterocycles. The highest BCUT2D eigenvalue weighted by Gasteiger charge is 2.55. The zero-order valence-corrected chi connectivity index (χ0v) is 8.89. The molecule has 1 heterocycles. The molecule has 0 aromatic carbocycles. The van der Waals surface area contributed by atoms with Gasteiger partial charge in [-0.25, -0.2) is 8.78 Å². The maximum atomic E-state index is 13.0. The molecule has 0 saturated carbocycles. The van der Waals surface area contributed by atoms with Crippen molar-refractivity contribution in [2.45, 2.75) is 37.4 Å². The first kappa shape index (κ1) is 11.2. The van der Waals surface area contributed by atoms with Crippen molar-refractivity contribution in [1.29, 1.82) is 0 Å². The summed E-state index contributed by atoms with van der Waals surface area (Å²) in [7, 11) is 1.67. The second kappa shape index (κ2) is 3.71. The van der Waals surface area contributed by atoms with Gasteiger partial charge in [0.1, 0.15) is 6.04 Å². The van der Waals surface area contributed by atoms with Crippen LogP contribution in [0.25, 0.3) is 0 Å². The van der Waals surface area contributed by atoms with Crippen molar-refractivity contribution >= 4 is 12.6 Å². The summed E-state index contributed by atoms with van der Waals surface area (Å²) in [4.78, 5) is 1.60. The summed E-state index contributed by atoms with van der Waals surface area (Å²) in [6.45, 7) is 3.20. The van der Waals surface area contributed by atoms with Gasteiger partial charge in [-0.2, -0.15) is 0 Å². The molecule has 1 fully saturated rings. The molecule has 1 saturated heterocycles. The number of rotatable bonds is 3. The first-order valence-electron chi connectivity index (χ1n) is 4.26. The van der Waals surface area contributed by atoms with E-state index >= 15 is 0 Å². The summed E-state index contributed by atoms with van der Waals surface area (Å²) in [6, 6.07) is -0.804.